The van der Waals surface area contributed by atoms with Gasteiger partial charge in [-0.3, -0.25) is 10.1 Å². The fourth-order valence-electron chi connectivity index (χ4n) is 1.94. The first-order valence-electron chi connectivity index (χ1n) is 6.25. The van der Waals surface area contributed by atoms with E-state index < -0.39 is 30.0 Å². The minimum atomic E-state index is -1.21. The van der Waals surface area contributed by atoms with Crippen molar-refractivity contribution in [3.05, 3.63) is 0 Å². The van der Waals surface area contributed by atoms with E-state index in [4.69, 9.17) is 0 Å². The van der Waals surface area contributed by atoms with Gasteiger partial charge in [0.05, 0.1) is 5.71 Å². The lowest BCUT2D eigenvalue weighted by molar-refractivity contribution is -0.276. The minimum absolute atomic E-state index is 0.185. The molecule has 1 saturated heterocycles. The van der Waals surface area contributed by atoms with Gasteiger partial charge in [0.15, 0.2) is 5.92 Å². The van der Waals surface area contributed by atoms with Crippen molar-refractivity contribution in [3.8, 4) is 0 Å². The maximum absolute atomic E-state index is 13.4. The molecule has 110 valence electrons. The second-order valence-electron chi connectivity index (χ2n) is 4.52. The van der Waals surface area contributed by atoms with Crippen LogP contribution in [0.15, 0.2) is 5.16 Å². The van der Waals surface area contributed by atoms with E-state index >= 15 is 0 Å². The first kappa shape index (κ1) is 14.2. The number of nitrogens with zero attached hydrogens (tertiary/aromatic N) is 1. The molecule has 0 aromatic heterocycles. The topological polar surface area (TPSA) is 106 Å². The second kappa shape index (κ2) is 6.31. The average molecular weight is 287 g/mol. The molecule has 0 radical (unpaired) electrons. The third kappa shape index (κ3) is 3.43. The molecule has 2 rings (SSSR count). The summed E-state index contributed by atoms with van der Waals surface area (Å²) in [5.41, 5.74) is 0.186. The third-order valence-corrected chi connectivity index (χ3v) is 3.08. The van der Waals surface area contributed by atoms with E-state index in [0.717, 1.165) is 12.8 Å². The Kier molecular flexibility index (Phi) is 4.49. The van der Waals surface area contributed by atoms with Gasteiger partial charge in [-0.15, -0.1) is 0 Å². The molecule has 2 atom stereocenters. The molecule has 0 spiro atoms. The minimum Gasteiger partial charge on any atom is -0.336 e. The van der Waals surface area contributed by atoms with Crippen molar-refractivity contribution in [3.63, 3.8) is 0 Å². The first-order valence-corrected chi connectivity index (χ1v) is 6.25. The van der Waals surface area contributed by atoms with E-state index in [9.17, 15) is 18.8 Å². The largest absolute Gasteiger partial charge is 0.372 e. The Morgan fingerprint density at radius 1 is 1.35 bits per heavy atom. The van der Waals surface area contributed by atoms with Crippen molar-refractivity contribution in [1.29, 1.82) is 0 Å². The van der Waals surface area contributed by atoms with Crippen LogP contribution < -0.4 is 10.6 Å². The van der Waals surface area contributed by atoms with E-state index in [2.05, 4.69) is 20.3 Å². The molecule has 2 aliphatic rings. The Hall–Kier alpha value is -2.19. The number of rotatable bonds is 3. The molecule has 20 heavy (non-hydrogen) atoms. The van der Waals surface area contributed by atoms with Crippen LogP contribution in [-0.2, 0) is 19.5 Å². The van der Waals surface area contributed by atoms with Crippen LogP contribution in [0.2, 0.25) is 0 Å². The quantitative estimate of drug-likeness (QED) is 0.437. The van der Waals surface area contributed by atoms with E-state index in [1.807, 2.05) is 5.32 Å². The smallest absolute Gasteiger partial charge is 0.336 e. The molecule has 1 heterocycles. The summed E-state index contributed by atoms with van der Waals surface area (Å²) >= 11 is 0. The number of alkyl halides is 1. The van der Waals surface area contributed by atoms with Gasteiger partial charge in [0.1, 0.15) is 6.17 Å². The van der Waals surface area contributed by atoms with Crippen LogP contribution in [0, 0.1) is 5.92 Å². The number of hydrogen-bond donors (Lipinski definition) is 2. The van der Waals surface area contributed by atoms with Gasteiger partial charge in [0, 0.05) is 6.54 Å². The summed E-state index contributed by atoms with van der Waals surface area (Å²) in [4.78, 5) is 42.3. The van der Waals surface area contributed by atoms with Crippen LogP contribution in [0.4, 0.5) is 9.18 Å². The summed E-state index contributed by atoms with van der Waals surface area (Å²) in [7, 11) is 0. The first-order chi connectivity index (χ1) is 9.58. The molecule has 1 aliphatic carbocycles. The number of urea groups is 1. The zero-order valence-electron chi connectivity index (χ0n) is 10.6. The maximum Gasteiger partial charge on any atom is 0.372 e. The average Bonchev–Trinajstić information content (AvgIpc) is 2.40. The molecule has 1 saturated carbocycles. The van der Waals surface area contributed by atoms with Gasteiger partial charge >= 0.3 is 12.0 Å². The highest BCUT2D eigenvalue weighted by molar-refractivity contribution is 6.07. The predicted molar refractivity (Wildman–Crippen MR) is 63.0 cm³/mol. The van der Waals surface area contributed by atoms with Crippen molar-refractivity contribution < 1.29 is 28.6 Å². The summed E-state index contributed by atoms with van der Waals surface area (Å²) in [6.45, 7) is -0.185. The van der Waals surface area contributed by atoms with E-state index in [-0.39, 0.29) is 12.3 Å². The van der Waals surface area contributed by atoms with Crippen LogP contribution in [0.5, 0.6) is 0 Å². The lowest BCUT2D eigenvalue weighted by Gasteiger charge is -2.19. The zero-order chi connectivity index (χ0) is 14.5. The Bertz CT molecular complexity index is 453. The van der Waals surface area contributed by atoms with Crippen molar-refractivity contribution in [2.75, 3.05) is 6.54 Å². The summed E-state index contributed by atoms with van der Waals surface area (Å²) < 4.78 is 13.4. The van der Waals surface area contributed by atoms with E-state index in [1.165, 1.54) is 0 Å². The third-order valence-electron chi connectivity index (χ3n) is 3.08. The maximum atomic E-state index is 13.4. The number of amides is 3. The Morgan fingerprint density at radius 2 is 2.15 bits per heavy atom. The molecular formula is C11H14FN3O5. The van der Waals surface area contributed by atoms with E-state index in [0.29, 0.717) is 12.8 Å². The number of nitrogens with one attached hydrogen (secondary N) is 2. The highest BCUT2D eigenvalue weighted by Crippen LogP contribution is 2.18. The standard InChI is InChI=1S/C11H14FN3O5/c12-7-3-1-2-4-8(7)15-20-19-10(17)6-5-13-11(18)14-9(6)16/h6-7H,1-5H2,(H2,13,14,16,18). The van der Waals surface area contributed by atoms with E-state index in [1.54, 1.807) is 0 Å². The van der Waals surface area contributed by atoms with Crippen molar-refractivity contribution in [2.45, 2.75) is 31.9 Å². The van der Waals surface area contributed by atoms with Crippen LogP contribution in [0.3, 0.4) is 0 Å². The normalized spacial score (nSPS) is 28.6. The van der Waals surface area contributed by atoms with Gasteiger partial charge in [0.2, 0.25) is 5.91 Å². The molecule has 0 aromatic rings. The van der Waals surface area contributed by atoms with Gasteiger partial charge in [-0.25, -0.2) is 18.9 Å². The van der Waals surface area contributed by atoms with Gasteiger partial charge in [-0.05, 0) is 30.8 Å². The molecule has 2 N–H and O–H groups in total. The molecule has 0 aromatic carbocycles. The molecule has 3 amide bonds. The fourth-order valence-corrected chi connectivity index (χ4v) is 1.94. The Morgan fingerprint density at radius 3 is 2.85 bits per heavy atom. The van der Waals surface area contributed by atoms with Crippen LogP contribution >= 0.6 is 0 Å². The monoisotopic (exact) mass is 287 g/mol. The molecular weight excluding hydrogens is 273 g/mol. The molecule has 0 bridgehead atoms. The molecule has 2 fully saturated rings. The molecule has 1 aliphatic heterocycles. The number of carbonyl (C=O) groups excluding carboxylic acids is 3. The lowest BCUT2D eigenvalue weighted by Crippen LogP contribution is -2.54. The lowest BCUT2D eigenvalue weighted by atomic mass is 9.97. The Balaban J connectivity index is 1.81. The molecule has 9 heteroatoms. The highest BCUT2D eigenvalue weighted by Gasteiger charge is 2.35. The van der Waals surface area contributed by atoms with Gasteiger partial charge in [-0.2, -0.15) is 4.99 Å². The fraction of sp³-hybridized carbons (Fsp3) is 0.636. The van der Waals surface area contributed by atoms with Gasteiger partial charge in [0.25, 0.3) is 0 Å². The molecule has 2 unspecified atom stereocenters. The van der Waals surface area contributed by atoms with Crippen molar-refractivity contribution in [2.24, 2.45) is 11.1 Å². The SMILES string of the molecule is O=C1NCC(C(=O)OON=C2CCCCC2F)C(=O)N1. The summed E-state index contributed by atoms with van der Waals surface area (Å²) in [6, 6.07) is -0.678. The number of hydrogen-bond acceptors (Lipinski definition) is 6. The van der Waals surface area contributed by atoms with Gasteiger partial charge < -0.3 is 5.32 Å². The van der Waals surface area contributed by atoms with Crippen molar-refractivity contribution in [1.82, 2.24) is 10.6 Å². The number of oxime groups is 1. The number of halogens is 1. The Labute approximate surface area is 113 Å². The predicted octanol–water partition coefficient (Wildman–Crippen LogP) is 0.185. The van der Waals surface area contributed by atoms with Gasteiger partial charge in [-0.1, -0.05) is 0 Å². The number of imide groups is 1. The van der Waals surface area contributed by atoms with Crippen LogP contribution in [0.25, 0.3) is 0 Å². The zero-order valence-corrected chi connectivity index (χ0v) is 10.6. The number of carbonyl (C=O) groups is 3. The van der Waals surface area contributed by atoms with Crippen LogP contribution in [0.1, 0.15) is 25.7 Å². The molecule has 8 nitrogen and oxygen atoms in total. The van der Waals surface area contributed by atoms with Crippen molar-refractivity contribution >= 4 is 23.6 Å². The summed E-state index contributed by atoms with van der Waals surface area (Å²) in [6.07, 6.45) is 1.20. The summed E-state index contributed by atoms with van der Waals surface area (Å²) in [5, 5.41) is 7.60. The highest BCUT2D eigenvalue weighted by atomic mass is 19.1. The van der Waals surface area contributed by atoms with Crippen LogP contribution in [-0.4, -0.2) is 36.3 Å². The second-order valence-corrected chi connectivity index (χ2v) is 4.52. The summed E-state index contributed by atoms with van der Waals surface area (Å²) in [5.74, 6) is -2.99.